The number of amides is 1. The van der Waals surface area contributed by atoms with E-state index in [-0.39, 0.29) is 24.3 Å². The molecule has 25 heavy (non-hydrogen) atoms. The smallest absolute Gasteiger partial charge is 0.238 e. The van der Waals surface area contributed by atoms with Crippen LogP contribution in [0.15, 0.2) is 36.4 Å². The Bertz CT molecular complexity index is 738. The first-order valence-corrected chi connectivity index (χ1v) is 8.35. The molecule has 1 amide bonds. The summed E-state index contributed by atoms with van der Waals surface area (Å²) in [6.07, 6.45) is 0. The molecule has 2 N–H and O–H groups in total. The quantitative estimate of drug-likeness (QED) is 0.838. The number of rotatable bonds is 6. The standard InChI is InChI=1S/C20H26FN3O/c1-13-7-6-8-14(2)20(13)23-19(25)12-22-15(3)17-10-9-16(21)11-18(17)24(4)5/h6-11,15,22H,12H2,1-5H3,(H,23,25). The van der Waals surface area contributed by atoms with Crippen LogP contribution >= 0.6 is 0 Å². The van der Waals surface area contributed by atoms with Crippen molar-refractivity contribution in [3.8, 4) is 0 Å². The maximum absolute atomic E-state index is 13.5. The van der Waals surface area contributed by atoms with Gasteiger partial charge < -0.3 is 15.5 Å². The van der Waals surface area contributed by atoms with Gasteiger partial charge in [-0.2, -0.15) is 0 Å². The first-order chi connectivity index (χ1) is 11.8. The number of para-hydroxylation sites is 1. The summed E-state index contributed by atoms with van der Waals surface area (Å²) in [5, 5.41) is 6.17. The SMILES string of the molecule is Cc1cccc(C)c1NC(=O)CNC(C)c1ccc(F)cc1N(C)C. The third-order valence-corrected chi connectivity index (χ3v) is 4.26. The van der Waals surface area contributed by atoms with E-state index in [1.165, 1.54) is 12.1 Å². The molecule has 0 heterocycles. The van der Waals surface area contributed by atoms with Crippen LogP contribution in [-0.2, 0) is 4.79 Å². The zero-order valence-corrected chi connectivity index (χ0v) is 15.5. The largest absolute Gasteiger partial charge is 0.377 e. The van der Waals surface area contributed by atoms with Crippen molar-refractivity contribution in [2.45, 2.75) is 26.8 Å². The minimum atomic E-state index is -0.271. The van der Waals surface area contributed by atoms with Crippen molar-refractivity contribution in [1.82, 2.24) is 5.32 Å². The van der Waals surface area contributed by atoms with Crippen LogP contribution in [0.25, 0.3) is 0 Å². The fourth-order valence-electron chi connectivity index (χ4n) is 2.82. The molecule has 5 heteroatoms. The predicted octanol–water partition coefficient (Wildman–Crippen LogP) is 3.80. The van der Waals surface area contributed by atoms with Gasteiger partial charge in [-0.25, -0.2) is 4.39 Å². The Hall–Kier alpha value is -2.40. The van der Waals surface area contributed by atoms with Crippen molar-refractivity contribution in [2.75, 3.05) is 30.9 Å². The van der Waals surface area contributed by atoms with Crippen LogP contribution in [0.5, 0.6) is 0 Å². The minimum absolute atomic E-state index is 0.0817. The Morgan fingerprint density at radius 2 is 1.80 bits per heavy atom. The normalized spacial score (nSPS) is 11.9. The van der Waals surface area contributed by atoms with Crippen molar-refractivity contribution in [1.29, 1.82) is 0 Å². The van der Waals surface area contributed by atoms with E-state index in [0.29, 0.717) is 0 Å². The Morgan fingerprint density at radius 1 is 1.16 bits per heavy atom. The van der Waals surface area contributed by atoms with Crippen molar-refractivity contribution in [2.24, 2.45) is 0 Å². The number of nitrogens with one attached hydrogen (secondary N) is 2. The molecule has 0 radical (unpaired) electrons. The number of hydrogen-bond acceptors (Lipinski definition) is 3. The van der Waals surface area contributed by atoms with Gasteiger partial charge in [-0.1, -0.05) is 24.3 Å². The summed E-state index contributed by atoms with van der Waals surface area (Å²) in [5.41, 5.74) is 4.68. The molecule has 0 aliphatic heterocycles. The van der Waals surface area contributed by atoms with Crippen LogP contribution in [-0.4, -0.2) is 26.5 Å². The van der Waals surface area contributed by atoms with Gasteiger partial charge in [0.05, 0.1) is 6.54 Å². The first-order valence-electron chi connectivity index (χ1n) is 8.35. The number of hydrogen-bond donors (Lipinski definition) is 2. The lowest BCUT2D eigenvalue weighted by Crippen LogP contribution is -2.31. The predicted molar refractivity (Wildman–Crippen MR) is 102 cm³/mol. The molecule has 4 nitrogen and oxygen atoms in total. The van der Waals surface area contributed by atoms with E-state index >= 15 is 0 Å². The fraction of sp³-hybridized carbons (Fsp3) is 0.350. The number of aryl methyl sites for hydroxylation is 2. The van der Waals surface area contributed by atoms with E-state index in [4.69, 9.17) is 0 Å². The highest BCUT2D eigenvalue weighted by Gasteiger charge is 2.14. The van der Waals surface area contributed by atoms with Gasteiger partial charge in [-0.05, 0) is 49.6 Å². The second-order valence-electron chi connectivity index (χ2n) is 6.52. The molecule has 0 aliphatic rings. The van der Waals surface area contributed by atoms with E-state index in [1.807, 2.05) is 58.0 Å². The summed E-state index contributed by atoms with van der Waals surface area (Å²) < 4.78 is 13.5. The fourth-order valence-corrected chi connectivity index (χ4v) is 2.82. The number of anilines is 2. The monoisotopic (exact) mass is 343 g/mol. The van der Waals surface area contributed by atoms with Gasteiger partial charge in [0.1, 0.15) is 5.82 Å². The lowest BCUT2D eigenvalue weighted by Gasteiger charge is -2.22. The summed E-state index contributed by atoms with van der Waals surface area (Å²) in [5.74, 6) is -0.370. The van der Waals surface area contributed by atoms with Gasteiger partial charge >= 0.3 is 0 Å². The van der Waals surface area contributed by atoms with E-state index in [2.05, 4.69) is 10.6 Å². The average molecular weight is 343 g/mol. The summed E-state index contributed by atoms with van der Waals surface area (Å²) in [7, 11) is 3.75. The number of nitrogens with zero attached hydrogens (tertiary/aromatic N) is 1. The number of carbonyl (C=O) groups is 1. The van der Waals surface area contributed by atoms with Crippen LogP contribution in [0.4, 0.5) is 15.8 Å². The topological polar surface area (TPSA) is 44.4 Å². The van der Waals surface area contributed by atoms with Crippen LogP contribution in [0.1, 0.15) is 29.7 Å². The molecule has 2 aromatic rings. The van der Waals surface area contributed by atoms with Crippen LogP contribution in [0.3, 0.4) is 0 Å². The molecule has 0 spiro atoms. The average Bonchev–Trinajstić information content (AvgIpc) is 2.56. The second-order valence-corrected chi connectivity index (χ2v) is 6.52. The number of benzene rings is 2. The lowest BCUT2D eigenvalue weighted by atomic mass is 10.1. The van der Waals surface area contributed by atoms with Gasteiger partial charge in [0, 0.05) is 31.5 Å². The Morgan fingerprint density at radius 3 is 2.40 bits per heavy atom. The number of carbonyl (C=O) groups excluding carboxylic acids is 1. The summed E-state index contributed by atoms with van der Waals surface area (Å²) in [4.78, 5) is 14.1. The summed E-state index contributed by atoms with van der Waals surface area (Å²) in [6.45, 7) is 6.09. The molecule has 2 aromatic carbocycles. The van der Waals surface area contributed by atoms with Crippen LogP contribution < -0.4 is 15.5 Å². The maximum Gasteiger partial charge on any atom is 0.238 e. The first kappa shape index (κ1) is 18.9. The van der Waals surface area contributed by atoms with Crippen molar-refractivity contribution < 1.29 is 9.18 Å². The third-order valence-electron chi connectivity index (χ3n) is 4.26. The van der Waals surface area contributed by atoms with E-state index < -0.39 is 0 Å². The van der Waals surface area contributed by atoms with Gasteiger partial charge in [0.2, 0.25) is 5.91 Å². The highest BCUT2D eigenvalue weighted by Crippen LogP contribution is 2.26. The summed E-state index contributed by atoms with van der Waals surface area (Å²) in [6, 6.07) is 10.5. The molecule has 0 saturated carbocycles. The highest BCUT2D eigenvalue weighted by atomic mass is 19.1. The zero-order valence-electron chi connectivity index (χ0n) is 15.5. The van der Waals surface area contributed by atoms with E-state index in [9.17, 15) is 9.18 Å². The molecular weight excluding hydrogens is 317 g/mol. The maximum atomic E-state index is 13.5. The number of halogens is 1. The highest BCUT2D eigenvalue weighted by molar-refractivity contribution is 5.93. The van der Waals surface area contributed by atoms with Crippen molar-refractivity contribution in [3.05, 3.63) is 58.9 Å². The van der Waals surface area contributed by atoms with Crippen LogP contribution in [0, 0.1) is 19.7 Å². The van der Waals surface area contributed by atoms with Crippen LogP contribution in [0.2, 0.25) is 0 Å². The molecule has 0 bridgehead atoms. The Labute approximate surface area is 149 Å². The third kappa shape index (κ3) is 4.79. The summed E-state index contributed by atoms with van der Waals surface area (Å²) >= 11 is 0. The van der Waals surface area contributed by atoms with E-state index in [0.717, 1.165) is 28.1 Å². The van der Waals surface area contributed by atoms with Crippen molar-refractivity contribution in [3.63, 3.8) is 0 Å². The molecule has 0 fully saturated rings. The van der Waals surface area contributed by atoms with Gasteiger partial charge in [0.25, 0.3) is 0 Å². The molecule has 1 atom stereocenters. The van der Waals surface area contributed by atoms with Gasteiger partial charge in [-0.15, -0.1) is 0 Å². The van der Waals surface area contributed by atoms with Crippen molar-refractivity contribution >= 4 is 17.3 Å². The molecule has 134 valence electrons. The van der Waals surface area contributed by atoms with E-state index in [1.54, 1.807) is 6.07 Å². The molecule has 0 aliphatic carbocycles. The zero-order chi connectivity index (χ0) is 18.6. The molecule has 0 aromatic heterocycles. The molecule has 2 rings (SSSR count). The molecule has 0 saturated heterocycles. The van der Waals surface area contributed by atoms with Gasteiger partial charge in [0.15, 0.2) is 0 Å². The molecular formula is C20H26FN3O. The minimum Gasteiger partial charge on any atom is -0.377 e. The molecule has 1 unspecified atom stereocenters. The second kappa shape index (κ2) is 8.12. The Kier molecular flexibility index (Phi) is 6.15. The van der Waals surface area contributed by atoms with Gasteiger partial charge in [-0.3, -0.25) is 4.79 Å². The lowest BCUT2D eigenvalue weighted by molar-refractivity contribution is -0.115. The Balaban J connectivity index is 2.03.